The SMILES string of the molecule is COc1ccc(CN(C(=O)CN(c2cc(OC)ccc2OC)S(C)(=O)=O)C(C)C(=O)NC(C)(C)C)cc1. The molecule has 2 amide bonds. The average Bonchev–Trinajstić information content (AvgIpc) is 2.83. The van der Waals surface area contributed by atoms with Gasteiger partial charge >= 0.3 is 0 Å². The van der Waals surface area contributed by atoms with Crippen LogP contribution >= 0.6 is 0 Å². The number of hydrogen-bond acceptors (Lipinski definition) is 7. The van der Waals surface area contributed by atoms with E-state index < -0.39 is 34.1 Å². The Morgan fingerprint density at radius 2 is 1.51 bits per heavy atom. The highest BCUT2D eigenvalue weighted by Gasteiger charge is 2.32. The second-order valence-corrected chi connectivity index (χ2v) is 11.5. The van der Waals surface area contributed by atoms with Crippen LogP contribution in [0.1, 0.15) is 33.3 Å². The van der Waals surface area contributed by atoms with E-state index in [4.69, 9.17) is 14.2 Å². The van der Waals surface area contributed by atoms with Crippen LogP contribution in [0.15, 0.2) is 42.5 Å². The summed E-state index contributed by atoms with van der Waals surface area (Å²) in [5.74, 6) is 0.361. The van der Waals surface area contributed by atoms with Crippen LogP contribution in [0.25, 0.3) is 0 Å². The molecule has 1 N–H and O–H groups in total. The van der Waals surface area contributed by atoms with E-state index in [2.05, 4.69) is 5.32 Å². The van der Waals surface area contributed by atoms with Crippen LogP contribution in [-0.2, 0) is 26.2 Å². The largest absolute Gasteiger partial charge is 0.497 e. The second kappa shape index (κ2) is 12.2. The van der Waals surface area contributed by atoms with Gasteiger partial charge in [-0.15, -0.1) is 0 Å². The lowest BCUT2D eigenvalue weighted by molar-refractivity contribution is -0.140. The fourth-order valence-electron chi connectivity index (χ4n) is 3.57. The van der Waals surface area contributed by atoms with Crippen molar-refractivity contribution < 1.29 is 32.2 Å². The Morgan fingerprint density at radius 1 is 0.946 bits per heavy atom. The lowest BCUT2D eigenvalue weighted by Gasteiger charge is -2.33. The third-order valence-electron chi connectivity index (χ3n) is 5.51. The predicted molar refractivity (Wildman–Crippen MR) is 143 cm³/mol. The summed E-state index contributed by atoms with van der Waals surface area (Å²) in [5.41, 5.74) is 0.371. The zero-order valence-corrected chi connectivity index (χ0v) is 23.5. The summed E-state index contributed by atoms with van der Waals surface area (Å²) in [6, 6.07) is 10.9. The number of sulfonamides is 1. The molecule has 1 atom stereocenters. The molecule has 0 aliphatic carbocycles. The van der Waals surface area contributed by atoms with Crippen molar-refractivity contribution in [1.82, 2.24) is 10.2 Å². The highest BCUT2D eigenvalue weighted by molar-refractivity contribution is 7.92. The Hall–Kier alpha value is -3.47. The third-order valence-corrected chi connectivity index (χ3v) is 6.64. The maximum absolute atomic E-state index is 13.7. The Bertz CT molecular complexity index is 1190. The molecule has 0 fully saturated rings. The van der Waals surface area contributed by atoms with Crippen molar-refractivity contribution in [1.29, 1.82) is 0 Å². The highest BCUT2D eigenvalue weighted by Crippen LogP contribution is 2.34. The molecule has 11 heteroatoms. The molecule has 37 heavy (non-hydrogen) atoms. The predicted octanol–water partition coefficient (Wildman–Crippen LogP) is 2.81. The zero-order valence-electron chi connectivity index (χ0n) is 22.7. The van der Waals surface area contributed by atoms with Crippen molar-refractivity contribution in [3.63, 3.8) is 0 Å². The quantitative estimate of drug-likeness (QED) is 0.471. The molecule has 0 saturated carbocycles. The summed E-state index contributed by atoms with van der Waals surface area (Å²) in [5, 5.41) is 2.89. The van der Waals surface area contributed by atoms with Gasteiger partial charge in [-0.05, 0) is 57.5 Å². The summed E-state index contributed by atoms with van der Waals surface area (Å²) in [7, 11) is 0.482. The molecule has 1 unspecified atom stereocenters. The molecule has 0 aromatic heterocycles. The van der Waals surface area contributed by atoms with Gasteiger partial charge in [0, 0.05) is 18.2 Å². The summed E-state index contributed by atoms with van der Waals surface area (Å²) in [4.78, 5) is 28.1. The molecule has 0 heterocycles. The van der Waals surface area contributed by atoms with Gasteiger partial charge in [0.15, 0.2) is 0 Å². The number of methoxy groups -OCH3 is 3. The van der Waals surface area contributed by atoms with E-state index in [1.807, 2.05) is 20.8 Å². The van der Waals surface area contributed by atoms with Crippen molar-refractivity contribution in [3.8, 4) is 17.2 Å². The van der Waals surface area contributed by atoms with E-state index in [-0.39, 0.29) is 23.9 Å². The number of nitrogens with zero attached hydrogens (tertiary/aromatic N) is 2. The molecule has 2 aromatic rings. The Morgan fingerprint density at radius 3 is 2.00 bits per heavy atom. The van der Waals surface area contributed by atoms with E-state index >= 15 is 0 Å². The molecule has 0 spiro atoms. The molecule has 10 nitrogen and oxygen atoms in total. The normalized spacial score (nSPS) is 12.3. The van der Waals surface area contributed by atoms with E-state index in [9.17, 15) is 18.0 Å². The number of carbonyl (C=O) groups is 2. The number of benzene rings is 2. The Balaban J connectivity index is 2.49. The molecule has 0 aliphatic heterocycles. The van der Waals surface area contributed by atoms with E-state index in [0.29, 0.717) is 11.5 Å². The van der Waals surface area contributed by atoms with Gasteiger partial charge in [-0.2, -0.15) is 0 Å². The van der Waals surface area contributed by atoms with Crippen LogP contribution in [0.3, 0.4) is 0 Å². The van der Waals surface area contributed by atoms with Gasteiger partial charge in [0.1, 0.15) is 29.8 Å². The molecular formula is C26H37N3O7S. The molecule has 0 aliphatic rings. The van der Waals surface area contributed by atoms with Crippen LogP contribution in [0.5, 0.6) is 17.2 Å². The minimum atomic E-state index is -3.93. The Kier molecular flexibility index (Phi) is 9.80. The smallest absolute Gasteiger partial charge is 0.244 e. The minimum absolute atomic E-state index is 0.0778. The topological polar surface area (TPSA) is 114 Å². The average molecular weight is 536 g/mol. The van der Waals surface area contributed by atoms with E-state index in [0.717, 1.165) is 16.1 Å². The first-order chi connectivity index (χ1) is 17.2. The first kappa shape index (κ1) is 29.8. The lowest BCUT2D eigenvalue weighted by atomic mass is 10.1. The van der Waals surface area contributed by atoms with Crippen molar-refractivity contribution in [2.45, 2.75) is 45.8 Å². The van der Waals surface area contributed by atoms with Crippen molar-refractivity contribution in [2.24, 2.45) is 0 Å². The van der Waals surface area contributed by atoms with Gasteiger partial charge < -0.3 is 24.4 Å². The first-order valence-electron chi connectivity index (χ1n) is 11.6. The molecule has 0 saturated heterocycles. The van der Waals surface area contributed by atoms with Crippen LogP contribution in [0.2, 0.25) is 0 Å². The summed E-state index contributed by atoms with van der Waals surface area (Å²) >= 11 is 0. The number of amides is 2. The summed E-state index contributed by atoms with van der Waals surface area (Å²) < 4.78 is 42.4. The minimum Gasteiger partial charge on any atom is -0.497 e. The second-order valence-electron chi connectivity index (χ2n) is 9.59. The molecule has 0 radical (unpaired) electrons. The number of rotatable bonds is 11. The number of hydrogen-bond donors (Lipinski definition) is 1. The Labute approximate surface area is 219 Å². The molecule has 2 rings (SSSR count). The van der Waals surface area contributed by atoms with Gasteiger partial charge in [0.25, 0.3) is 0 Å². The first-order valence-corrected chi connectivity index (χ1v) is 13.5. The molecule has 204 valence electrons. The summed E-state index contributed by atoms with van der Waals surface area (Å²) in [6.45, 7) is 6.66. The van der Waals surface area contributed by atoms with E-state index in [1.165, 1.54) is 25.2 Å². The fraction of sp³-hybridized carbons (Fsp3) is 0.462. The van der Waals surface area contributed by atoms with Crippen molar-refractivity contribution >= 4 is 27.5 Å². The fourth-order valence-corrected chi connectivity index (χ4v) is 4.42. The lowest BCUT2D eigenvalue weighted by Crippen LogP contribution is -2.54. The molecule has 2 aromatic carbocycles. The van der Waals surface area contributed by atoms with Gasteiger partial charge in [-0.1, -0.05) is 12.1 Å². The van der Waals surface area contributed by atoms with Gasteiger partial charge in [0.2, 0.25) is 21.8 Å². The standard InChI is InChI=1S/C26H37N3O7S/c1-18(25(31)27-26(2,3)4)28(16-19-9-11-20(34-5)12-10-19)24(30)17-29(37(8,32)33)22-15-21(35-6)13-14-23(22)36-7/h9-15,18H,16-17H2,1-8H3,(H,27,31). The van der Waals surface area contributed by atoms with E-state index in [1.54, 1.807) is 50.4 Å². The number of anilines is 1. The van der Waals surface area contributed by atoms with Crippen LogP contribution < -0.4 is 23.8 Å². The van der Waals surface area contributed by atoms with Crippen molar-refractivity contribution in [2.75, 3.05) is 38.4 Å². The maximum atomic E-state index is 13.7. The molecule has 0 bridgehead atoms. The number of carbonyl (C=O) groups excluding carboxylic acids is 2. The highest BCUT2D eigenvalue weighted by atomic mass is 32.2. The van der Waals surface area contributed by atoms with Crippen LogP contribution in [-0.4, -0.2) is 70.8 Å². The van der Waals surface area contributed by atoms with Gasteiger partial charge in [0.05, 0.1) is 33.3 Å². The van der Waals surface area contributed by atoms with Crippen LogP contribution in [0.4, 0.5) is 5.69 Å². The van der Waals surface area contributed by atoms with Gasteiger partial charge in [-0.3, -0.25) is 13.9 Å². The molecular weight excluding hydrogens is 498 g/mol. The number of ether oxygens (including phenoxy) is 3. The summed E-state index contributed by atoms with van der Waals surface area (Å²) in [6.07, 6.45) is 1.00. The monoisotopic (exact) mass is 535 g/mol. The van der Waals surface area contributed by atoms with Crippen molar-refractivity contribution in [3.05, 3.63) is 48.0 Å². The number of nitrogens with one attached hydrogen (secondary N) is 1. The van der Waals surface area contributed by atoms with Gasteiger partial charge in [-0.25, -0.2) is 8.42 Å². The van der Waals surface area contributed by atoms with Crippen LogP contribution in [0, 0.1) is 0 Å². The third kappa shape index (κ3) is 8.28. The zero-order chi connectivity index (χ0) is 28.0. The maximum Gasteiger partial charge on any atom is 0.244 e.